The molecule has 0 heterocycles. The molecule has 1 aliphatic rings. The number of rotatable bonds is 2. The molecular weight excluding hydrogens is 145 g/mol. The Morgan fingerprint density at radius 2 is 1.90 bits per heavy atom. The first-order chi connectivity index (χ1) is 4.49. The molecule has 10 heavy (non-hydrogen) atoms. The van der Waals surface area contributed by atoms with Crippen LogP contribution in [0.25, 0.3) is 0 Å². The van der Waals surface area contributed by atoms with Gasteiger partial charge < -0.3 is 0 Å². The maximum absolute atomic E-state index is 11.5. The third kappa shape index (κ3) is 2.37. The Morgan fingerprint density at radius 1 is 1.40 bits per heavy atom. The monoisotopic (exact) mass is 152 g/mol. The standard InChI is InChI=1S/C6H7F3O/c7-6(8,9)3-5(10)4-1-2-4/h4H,1-3H2. The first-order valence-corrected chi connectivity index (χ1v) is 3.08. The molecule has 4 heteroatoms. The molecule has 1 aliphatic carbocycles. The van der Waals surface area contributed by atoms with E-state index in [0.29, 0.717) is 12.8 Å². The summed E-state index contributed by atoms with van der Waals surface area (Å²) in [7, 11) is 0. The average molecular weight is 152 g/mol. The quantitative estimate of drug-likeness (QED) is 0.590. The Hall–Kier alpha value is -0.540. The first kappa shape index (κ1) is 7.57. The van der Waals surface area contributed by atoms with Gasteiger partial charge in [-0.1, -0.05) is 0 Å². The second kappa shape index (κ2) is 2.25. The van der Waals surface area contributed by atoms with Gasteiger partial charge in [0.2, 0.25) is 0 Å². The Bertz CT molecular complexity index is 146. The number of carbonyl (C=O) groups is 1. The van der Waals surface area contributed by atoms with Gasteiger partial charge in [-0.05, 0) is 12.8 Å². The van der Waals surface area contributed by atoms with Crippen LogP contribution in [0.4, 0.5) is 13.2 Å². The summed E-state index contributed by atoms with van der Waals surface area (Å²) in [6, 6.07) is 0. The van der Waals surface area contributed by atoms with E-state index in [1.165, 1.54) is 0 Å². The first-order valence-electron chi connectivity index (χ1n) is 3.08. The fourth-order valence-corrected chi connectivity index (χ4v) is 0.747. The zero-order valence-corrected chi connectivity index (χ0v) is 5.24. The third-order valence-electron chi connectivity index (χ3n) is 1.41. The predicted octanol–water partition coefficient (Wildman–Crippen LogP) is 1.92. The van der Waals surface area contributed by atoms with E-state index in [4.69, 9.17) is 0 Å². The molecule has 0 spiro atoms. The summed E-state index contributed by atoms with van der Waals surface area (Å²) < 4.78 is 34.4. The van der Waals surface area contributed by atoms with Gasteiger partial charge in [0, 0.05) is 5.92 Å². The molecule has 1 saturated carbocycles. The third-order valence-corrected chi connectivity index (χ3v) is 1.41. The van der Waals surface area contributed by atoms with E-state index < -0.39 is 18.4 Å². The largest absolute Gasteiger partial charge is 0.395 e. The summed E-state index contributed by atoms with van der Waals surface area (Å²) in [6.45, 7) is 0. The Labute approximate surface area is 56.2 Å². The van der Waals surface area contributed by atoms with Crippen LogP contribution in [0.1, 0.15) is 19.3 Å². The van der Waals surface area contributed by atoms with Crippen LogP contribution in [0.2, 0.25) is 0 Å². The molecule has 0 unspecified atom stereocenters. The van der Waals surface area contributed by atoms with E-state index in [1.54, 1.807) is 0 Å². The highest BCUT2D eigenvalue weighted by Gasteiger charge is 2.38. The van der Waals surface area contributed by atoms with Gasteiger partial charge in [-0.15, -0.1) is 0 Å². The molecule has 0 N–H and O–H groups in total. The number of ketones is 1. The van der Waals surface area contributed by atoms with Crippen LogP contribution in [0, 0.1) is 5.92 Å². The van der Waals surface area contributed by atoms with Crippen molar-refractivity contribution in [2.24, 2.45) is 5.92 Å². The average Bonchev–Trinajstić information content (AvgIpc) is 2.35. The zero-order valence-electron chi connectivity index (χ0n) is 5.24. The van der Waals surface area contributed by atoms with E-state index in [9.17, 15) is 18.0 Å². The smallest absolute Gasteiger partial charge is 0.299 e. The summed E-state index contributed by atoms with van der Waals surface area (Å²) in [4.78, 5) is 10.5. The Balaban J connectivity index is 2.30. The number of hydrogen-bond acceptors (Lipinski definition) is 1. The lowest BCUT2D eigenvalue weighted by Gasteiger charge is -2.02. The minimum Gasteiger partial charge on any atom is -0.299 e. The molecule has 0 atom stereocenters. The molecule has 0 amide bonds. The van der Waals surface area contributed by atoms with E-state index >= 15 is 0 Å². The van der Waals surface area contributed by atoms with Gasteiger partial charge in [0.05, 0.1) is 0 Å². The number of halogens is 3. The molecule has 0 aromatic carbocycles. The van der Waals surface area contributed by atoms with Crippen molar-refractivity contribution in [3.8, 4) is 0 Å². The van der Waals surface area contributed by atoms with Gasteiger partial charge in [0.25, 0.3) is 0 Å². The van der Waals surface area contributed by atoms with Crippen molar-refractivity contribution in [3.63, 3.8) is 0 Å². The van der Waals surface area contributed by atoms with Crippen LogP contribution < -0.4 is 0 Å². The zero-order chi connectivity index (χ0) is 7.78. The maximum atomic E-state index is 11.5. The van der Waals surface area contributed by atoms with E-state index in [1.807, 2.05) is 0 Å². The van der Waals surface area contributed by atoms with Crippen molar-refractivity contribution in [2.75, 3.05) is 0 Å². The minimum absolute atomic E-state index is 0.276. The van der Waals surface area contributed by atoms with Gasteiger partial charge in [-0.2, -0.15) is 13.2 Å². The Kier molecular flexibility index (Phi) is 1.70. The summed E-state index contributed by atoms with van der Waals surface area (Å²) in [5.74, 6) is -0.922. The number of carbonyl (C=O) groups excluding carboxylic acids is 1. The van der Waals surface area contributed by atoms with Gasteiger partial charge in [-0.3, -0.25) is 4.79 Å². The van der Waals surface area contributed by atoms with Crippen molar-refractivity contribution in [3.05, 3.63) is 0 Å². The normalized spacial score (nSPS) is 19.1. The molecule has 0 saturated heterocycles. The Morgan fingerprint density at radius 3 is 2.20 bits per heavy atom. The summed E-state index contributed by atoms with van der Waals surface area (Å²) >= 11 is 0. The van der Waals surface area contributed by atoms with Crippen molar-refractivity contribution >= 4 is 5.78 Å². The highest BCUT2D eigenvalue weighted by molar-refractivity contribution is 5.83. The van der Waals surface area contributed by atoms with Crippen molar-refractivity contribution in [2.45, 2.75) is 25.4 Å². The van der Waals surface area contributed by atoms with Crippen molar-refractivity contribution in [1.82, 2.24) is 0 Å². The lowest BCUT2D eigenvalue weighted by atomic mass is 10.2. The van der Waals surface area contributed by atoms with E-state index in [2.05, 4.69) is 0 Å². The van der Waals surface area contributed by atoms with Crippen molar-refractivity contribution < 1.29 is 18.0 Å². The van der Waals surface area contributed by atoms with Gasteiger partial charge in [0.1, 0.15) is 12.2 Å². The maximum Gasteiger partial charge on any atom is 0.395 e. The topological polar surface area (TPSA) is 17.1 Å². The van der Waals surface area contributed by atoms with Gasteiger partial charge >= 0.3 is 6.18 Å². The van der Waals surface area contributed by atoms with E-state index in [-0.39, 0.29) is 5.92 Å². The second-order valence-electron chi connectivity index (χ2n) is 2.53. The molecule has 0 aromatic rings. The van der Waals surface area contributed by atoms with Crippen LogP contribution in [-0.2, 0) is 4.79 Å². The number of hydrogen-bond donors (Lipinski definition) is 0. The fraction of sp³-hybridized carbons (Fsp3) is 0.833. The van der Waals surface area contributed by atoms with Crippen LogP contribution >= 0.6 is 0 Å². The summed E-state index contributed by atoms with van der Waals surface area (Å²) in [5, 5.41) is 0. The van der Waals surface area contributed by atoms with Crippen LogP contribution in [0.5, 0.6) is 0 Å². The highest BCUT2D eigenvalue weighted by Crippen LogP contribution is 2.34. The molecule has 0 aliphatic heterocycles. The second-order valence-corrected chi connectivity index (χ2v) is 2.53. The molecule has 0 bridgehead atoms. The number of alkyl halides is 3. The SMILES string of the molecule is O=C(CC(F)(F)F)C1CC1. The summed E-state index contributed by atoms with van der Waals surface area (Å²) in [5.41, 5.74) is 0. The number of Topliss-reactive ketones (excluding diaryl/α,β-unsaturated/α-hetero) is 1. The van der Waals surface area contributed by atoms with Gasteiger partial charge in [-0.25, -0.2) is 0 Å². The molecule has 1 rings (SSSR count). The van der Waals surface area contributed by atoms with Gasteiger partial charge in [0.15, 0.2) is 0 Å². The van der Waals surface area contributed by atoms with Crippen molar-refractivity contribution in [1.29, 1.82) is 0 Å². The van der Waals surface area contributed by atoms with Crippen LogP contribution in [0.15, 0.2) is 0 Å². The molecule has 58 valence electrons. The lowest BCUT2D eigenvalue weighted by Crippen LogP contribution is -2.15. The highest BCUT2D eigenvalue weighted by atomic mass is 19.4. The fourth-order valence-electron chi connectivity index (χ4n) is 0.747. The molecule has 1 nitrogen and oxygen atoms in total. The van der Waals surface area contributed by atoms with E-state index in [0.717, 1.165) is 0 Å². The molecule has 0 aromatic heterocycles. The molecule has 0 radical (unpaired) electrons. The van der Waals surface area contributed by atoms with Crippen LogP contribution in [0.3, 0.4) is 0 Å². The molecule has 1 fully saturated rings. The predicted molar refractivity (Wildman–Crippen MR) is 28.4 cm³/mol. The summed E-state index contributed by atoms with van der Waals surface area (Å²) in [6.07, 6.45) is -4.25. The minimum atomic E-state index is -4.31. The molecular formula is C6H7F3O. The van der Waals surface area contributed by atoms with Crippen LogP contribution in [-0.4, -0.2) is 12.0 Å². The lowest BCUT2D eigenvalue weighted by molar-refractivity contribution is -0.153.